The van der Waals surface area contributed by atoms with Crippen LogP contribution >= 0.6 is 24.0 Å². The fraction of sp³-hybridized carbons (Fsp3) is 0.435. The van der Waals surface area contributed by atoms with Gasteiger partial charge in [-0.2, -0.15) is 0 Å². The van der Waals surface area contributed by atoms with Crippen molar-refractivity contribution >= 4 is 35.6 Å². The number of aryl methyl sites for hydroxylation is 1. The summed E-state index contributed by atoms with van der Waals surface area (Å²) in [5, 5.41) is 3.12. The molecule has 0 aliphatic carbocycles. The molecule has 0 saturated heterocycles. The SMILES string of the molecule is CCc1ccc(NC(N)=NCc2ccc(OCCN(CC)CC)c(OC)c2)cc1.I. The third kappa shape index (κ3) is 8.39. The summed E-state index contributed by atoms with van der Waals surface area (Å²) < 4.78 is 11.4. The largest absolute Gasteiger partial charge is 0.493 e. The topological polar surface area (TPSA) is 72.1 Å². The highest BCUT2D eigenvalue weighted by Gasteiger charge is 2.07. The normalized spacial score (nSPS) is 11.2. The minimum absolute atomic E-state index is 0. The van der Waals surface area contributed by atoms with Gasteiger partial charge in [0.2, 0.25) is 0 Å². The number of hydrogen-bond donors (Lipinski definition) is 2. The van der Waals surface area contributed by atoms with E-state index in [-0.39, 0.29) is 24.0 Å². The van der Waals surface area contributed by atoms with Crippen LogP contribution in [0.15, 0.2) is 47.5 Å². The maximum absolute atomic E-state index is 6.02. The molecule has 3 N–H and O–H groups in total. The first-order valence-corrected chi connectivity index (χ1v) is 10.3. The summed E-state index contributed by atoms with van der Waals surface area (Å²) in [7, 11) is 1.65. The van der Waals surface area contributed by atoms with Crippen molar-refractivity contribution in [2.24, 2.45) is 10.7 Å². The van der Waals surface area contributed by atoms with Crippen molar-refractivity contribution in [1.29, 1.82) is 0 Å². The second-order valence-electron chi connectivity index (χ2n) is 6.74. The molecule has 30 heavy (non-hydrogen) atoms. The monoisotopic (exact) mass is 526 g/mol. The van der Waals surface area contributed by atoms with E-state index in [9.17, 15) is 0 Å². The van der Waals surface area contributed by atoms with E-state index in [1.165, 1.54) is 5.56 Å². The molecule has 7 heteroatoms. The Morgan fingerprint density at radius 2 is 1.67 bits per heavy atom. The van der Waals surface area contributed by atoms with Gasteiger partial charge >= 0.3 is 0 Å². The summed E-state index contributed by atoms with van der Waals surface area (Å²) in [5.74, 6) is 1.83. The fourth-order valence-electron chi connectivity index (χ4n) is 2.94. The smallest absolute Gasteiger partial charge is 0.193 e. The Kier molecular flexibility index (Phi) is 12.2. The Bertz CT molecular complexity index is 777. The molecule has 0 aromatic heterocycles. The Morgan fingerprint density at radius 1 is 1.00 bits per heavy atom. The quantitative estimate of drug-likeness (QED) is 0.256. The standard InChI is InChI=1S/C23H34N4O2.HI/c1-5-18-8-11-20(12-9-18)26-23(24)25-17-19-10-13-21(22(16-19)28-4)29-15-14-27(6-2)7-3;/h8-13,16H,5-7,14-15,17H2,1-4H3,(H3,24,25,26);1H. The lowest BCUT2D eigenvalue weighted by Gasteiger charge is -2.18. The molecule has 166 valence electrons. The van der Waals surface area contributed by atoms with Gasteiger partial charge in [-0.25, -0.2) is 4.99 Å². The van der Waals surface area contributed by atoms with Gasteiger partial charge in [0, 0.05) is 12.2 Å². The zero-order chi connectivity index (χ0) is 21.1. The molecule has 2 rings (SSSR count). The number of hydrogen-bond acceptors (Lipinski definition) is 4. The minimum Gasteiger partial charge on any atom is -0.493 e. The van der Waals surface area contributed by atoms with Crippen molar-refractivity contribution in [1.82, 2.24) is 4.90 Å². The lowest BCUT2D eigenvalue weighted by Crippen LogP contribution is -2.27. The number of nitrogens with one attached hydrogen (secondary N) is 1. The first-order valence-electron chi connectivity index (χ1n) is 10.3. The number of ether oxygens (including phenoxy) is 2. The molecule has 6 nitrogen and oxygen atoms in total. The molecule has 2 aromatic carbocycles. The summed E-state index contributed by atoms with van der Waals surface area (Å²) in [6.45, 7) is 10.5. The lowest BCUT2D eigenvalue weighted by atomic mass is 10.1. The first kappa shape index (κ1) is 26.0. The number of likely N-dealkylation sites (N-methyl/N-ethyl adjacent to an activating group) is 1. The van der Waals surface area contributed by atoms with E-state index in [1.54, 1.807) is 7.11 Å². The summed E-state index contributed by atoms with van der Waals surface area (Å²) >= 11 is 0. The molecular formula is C23H35IN4O2. The van der Waals surface area contributed by atoms with Gasteiger partial charge in [0.15, 0.2) is 17.5 Å². The average molecular weight is 526 g/mol. The van der Waals surface area contributed by atoms with Crippen molar-refractivity contribution in [3.63, 3.8) is 0 Å². The molecule has 0 aliphatic heterocycles. The van der Waals surface area contributed by atoms with Crippen molar-refractivity contribution in [3.05, 3.63) is 53.6 Å². The maximum atomic E-state index is 6.02. The van der Waals surface area contributed by atoms with E-state index in [0.29, 0.717) is 24.9 Å². The van der Waals surface area contributed by atoms with Crippen molar-refractivity contribution in [2.45, 2.75) is 33.7 Å². The van der Waals surface area contributed by atoms with E-state index in [4.69, 9.17) is 15.2 Å². The van der Waals surface area contributed by atoms with Gasteiger partial charge in [-0.15, -0.1) is 24.0 Å². The van der Waals surface area contributed by atoms with Crippen LogP contribution in [0.25, 0.3) is 0 Å². The van der Waals surface area contributed by atoms with Gasteiger partial charge in [-0.3, -0.25) is 0 Å². The van der Waals surface area contributed by atoms with Gasteiger partial charge in [0.1, 0.15) is 6.61 Å². The Hall–Kier alpha value is -2.00. The van der Waals surface area contributed by atoms with Gasteiger partial charge < -0.3 is 25.4 Å². The number of benzene rings is 2. The molecule has 0 bridgehead atoms. The molecule has 0 fully saturated rings. The zero-order valence-electron chi connectivity index (χ0n) is 18.5. The van der Waals surface area contributed by atoms with Crippen LogP contribution in [-0.2, 0) is 13.0 Å². The number of rotatable bonds is 11. The second kappa shape index (κ2) is 14.1. The molecule has 0 saturated carbocycles. The second-order valence-corrected chi connectivity index (χ2v) is 6.74. The van der Waals surface area contributed by atoms with Crippen molar-refractivity contribution in [2.75, 3.05) is 38.7 Å². The summed E-state index contributed by atoms with van der Waals surface area (Å²) in [6, 6.07) is 14.0. The van der Waals surface area contributed by atoms with E-state index < -0.39 is 0 Å². The molecule has 0 aliphatic rings. The van der Waals surface area contributed by atoms with Crippen LogP contribution in [0.3, 0.4) is 0 Å². The Balaban J connectivity index is 0.00000450. The van der Waals surface area contributed by atoms with Crippen LogP contribution in [0.1, 0.15) is 31.9 Å². The highest BCUT2D eigenvalue weighted by molar-refractivity contribution is 14.0. The van der Waals surface area contributed by atoms with Gasteiger partial charge in [0.05, 0.1) is 13.7 Å². The number of nitrogens with zero attached hydrogens (tertiary/aromatic N) is 2. The fourth-order valence-corrected chi connectivity index (χ4v) is 2.94. The first-order chi connectivity index (χ1) is 14.1. The van der Waals surface area contributed by atoms with E-state index in [0.717, 1.165) is 43.1 Å². The Labute approximate surface area is 197 Å². The molecule has 0 radical (unpaired) electrons. The number of nitrogens with two attached hydrogens (primary N) is 1. The molecule has 0 spiro atoms. The van der Waals surface area contributed by atoms with Crippen molar-refractivity contribution in [3.8, 4) is 11.5 Å². The Morgan fingerprint density at radius 3 is 2.27 bits per heavy atom. The number of anilines is 1. The number of methoxy groups -OCH3 is 1. The van der Waals surface area contributed by atoms with Crippen LogP contribution in [-0.4, -0.2) is 44.2 Å². The van der Waals surface area contributed by atoms with E-state index in [1.807, 2.05) is 30.3 Å². The number of aliphatic imine (C=N–C) groups is 1. The predicted octanol–water partition coefficient (Wildman–Crippen LogP) is 4.52. The lowest BCUT2D eigenvalue weighted by molar-refractivity contribution is 0.217. The molecule has 0 heterocycles. The van der Waals surface area contributed by atoms with Crippen LogP contribution in [0, 0.1) is 0 Å². The number of guanidine groups is 1. The highest BCUT2D eigenvalue weighted by Crippen LogP contribution is 2.28. The van der Waals surface area contributed by atoms with Crippen molar-refractivity contribution < 1.29 is 9.47 Å². The summed E-state index contributed by atoms with van der Waals surface area (Å²) in [5.41, 5.74) is 9.25. The minimum atomic E-state index is 0. The zero-order valence-corrected chi connectivity index (χ0v) is 20.8. The van der Waals surface area contributed by atoms with Gasteiger partial charge in [0.25, 0.3) is 0 Å². The van der Waals surface area contributed by atoms with Crippen LogP contribution in [0.4, 0.5) is 5.69 Å². The maximum Gasteiger partial charge on any atom is 0.193 e. The molecular weight excluding hydrogens is 491 g/mol. The third-order valence-electron chi connectivity index (χ3n) is 4.85. The molecule has 2 aromatic rings. The molecule has 0 amide bonds. The predicted molar refractivity (Wildman–Crippen MR) is 136 cm³/mol. The van der Waals surface area contributed by atoms with E-state index >= 15 is 0 Å². The van der Waals surface area contributed by atoms with Crippen LogP contribution in [0.2, 0.25) is 0 Å². The molecule has 0 unspecified atom stereocenters. The summed E-state index contributed by atoms with van der Waals surface area (Å²) in [4.78, 5) is 6.75. The molecule has 0 atom stereocenters. The third-order valence-corrected chi connectivity index (χ3v) is 4.85. The summed E-state index contributed by atoms with van der Waals surface area (Å²) in [6.07, 6.45) is 1.01. The average Bonchev–Trinajstić information content (AvgIpc) is 2.76. The van der Waals surface area contributed by atoms with Crippen LogP contribution in [0.5, 0.6) is 11.5 Å². The van der Waals surface area contributed by atoms with Crippen LogP contribution < -0.4 is 20.5 Å². The van der Waals surface area contributed by atoms with Gasteiger partial charge in [-0.1, -0.05) is 39.0 Å². The highest BCUT2D eigenvalue weighted by atomic mass is 127. The van der Waals surface area contributed by atoms with Gasteiger partial charge in [-0.05, 0) is 54.9 Å². The number of halogens is 1. The van der Waals surface area contributed by atoms with E-state index in [2.05, 4.69) is 48.1 Å².